The van der Waals surface area contributed by atoms with Crippen LogP contribution >= 0.6 is 0 Å². The molecule has 0 amide bonds. The molecule has 0 fully saturated rings. The number of aliphatic hydroxyl groups excluding tert-OH is 3. The van der Waals surface area contributed by atoms with E-state index in [4.69, 9.17) is 9.84 Å². The number of ether oxygens (including phenoxy) is 1. The van der Waals surface area contributed by atoms with Crippen molar-refractivity contribution in [1.29, 1.82) is 0 Å². The summed E-state index contributed by atoms with van der Waals surface area (Å²) >= 11 is 0. The zero-order valence-electron chi connectivity index (χ0n) is 9.41. The Kier molecular flexibility index (Phi) is 5.26. The van der Waals surface area contributed by atoms with Gasteiger partial charge in [-0.2, -0.15) is 0 Å². The van der Waals surface area contributed by atoms with Crippen molar-refractivity contribution in [1.82, 2.24) is 0 Å². The van der Waals surface area contributed by atoms with Gasteiger partial charge in [0.1, 0.15) is 24.2 Å². The molecule has 1 aromatic carbocycles. The van der Waals surface area contributed by atoms with Gasteiger partial charge in [-0.3, -0.25) is 0 Å². The lowest BCUT2D eigenvalue weighted by Gasteiger charge is -2.07. The van der Waals surface area contributed by atoms with Gasteiger partial charge in [0.2, 0.25) is 0 Å². The Morgan fingerprint density at radius 1 is 1.47 bits per heavy atom. The third-order valence-corrected chi connectivity index (χ3v) is 2.05. The molecule has 0 bridgehead atoms. The van der Waals surface area contributed by atoms with Crippen molar-refractivity contribution in [2.75, 3.05) is 13.2 Å². The molecule has 0 saturated heterocycles. The van der Waals surface area contributed by atoms with Crippen LogP contribution < -0.4 is 4.74 Å². The van der Waals surface area contributed by atoms with Crippen molar-refractivity contribution in [3.8, 4) is 5.75 Å². The van der Waals surface area contributed by atoms with Crippen molar-refractivity contribution >= 4 is 6.08 Å². The van der Waals surface area contributed by atoms with Gasteiger partial charge < -0.3 is 20.1 Å². The zero-order valence-corrected chi connectivity index (χ0v) is 9.41. The summed E-state index contributed by atoms with van der Waals surface area (Å²) in [5, 5.41) is 27.3. The summed E-state index contributed by atoms with van der Waals surface area (Å²) < 4.78 is 5.32. The van der Waals surface area contributed by atoms with Crippen molar-refractivity contribution in [2.24, 2.45) is 0 Å². The first-order valence-corrected chi connectivity index (χ1v) is 5.20. The zero-order chi connectivity index (χ0) is 12.7. The van der Waals surface area contributed by atoms with Crippen LogP contribution in [0.3, 0.4) is 0 Å². The van der Waals surface area contributed by atoms with Crippen LogP contribution in [0.5, 0.6) is 5.75 Å². The Hall–Kier alpha value is -1.78. The highest BCUT2D eigenvalue weighted by atomic mass is 16.5. The number of aliphatic hydroxyl groups is 3. The predicted octanol–water partition coefficient (Wildman–Crippen LogP) is 1.50. The Bertz CT molecular complexity index is 398. The van der Waals surface area contributed by atoms with Gasteiger partial charge in [-0.1, -0.05) is 24.8 Å². The topological polar surface area (TPSA) is 69.9 Å². The highest BCUT2D eigenvalue weighted by Crippen LogP contribution is 2.16. The average Bonchev–Trinajstić information content (AvgIpc) is 2.35. The van der Waals surface area contributed by atoms with E-state index in [1.54, 1.807) is 30.3 Å². The molecule has 17 heavy (non-hydrogen) atoms. The summed E-state index contributed by atoms with van der Waals surface area (Å²) in [6.45, 7) is 3.43. The van der Waals surface area contributed by atoms with E-state index in [2.05, 4.69) is 6.58 Å². The SMILES string of the molecule is C=CCOc1cccc(C=C(O)C(O)CO)c1. The van der Waals surface area contributed by atoms with Crippen LogP contribution in [-0.2, 0) is 0 Å². The van der Waals surface area contributed by atoms with E-state index >= 15 is 0 Å². The molecule has 0 heterocycles. The first-order valence-electron chi connectivity index (χ1n) is 5.20. The van der Waals surface area contributed by atoms with E-state index in [9.17, 15) is 10.2 Å². The largest absolute Gasteiger partial charge is 0.509 e. The third kappa shape index (κ3) is 4.30. The van der Waals surface area contributed by atoms with E-state index in [1.807, 2.05) is 0 Å². The van der Waals surface area contributed by atoms with E-state index in [1.165, 1.54) is 6.08 Å². The van der Waals surface area contributed by atoms with Crippen molar-refractivity contribution in [3.05, 3.63) is 48.2 Å². The van der Waals surface area contributed by atoms with Crippen LogP contribution in [0.2, 0.25) is 0 Å². The van der Waals surface area contributed by atoms with E-state index in [0.717, 1.165) is 0 Å². The third-order valence-electron chi connectivity index (χ3n) is 2.05. The lowest BCUT2D eigenvalue weighted by Crippen LogP contribution is -2.14. The fourth-order valence-corrected chi connectivity index (χ4v) is 1.21. The van der Waals surface area contributed by atoms with Crippen LogP contribution in [-0.4, -0.2) is 34.6 Å². The molecule has 0 aliphatic carbocycles. The Balaban J connectivity index is 2.80. The maximum Gasteiger partial charge on any atom is 0.134 e. The fraction of sp³-hybridized carbons (Fsp3) is 0.231. The highest BCUT2D eigenvalue weighted by molar-refractivity contribution is 5.54. The van der Waals surface area contributed by atoms with Gasteiger partial charge in [0, 0.05) is 0 Å². The molecule has 1 unspecified atom stereocenters. The van der Waals surface area contributed by atoms with Crippen LogP contribution in [0.15, 0.2) is 42.7 Å². The van der Waals surface area contributed by atoms with E-state index in [-0.39, 0.29) is 5.76 Å². The molecule has 0 aliphatic rings. The molecule has 0 aliphatic heterocycles. The molecule has 0 aromatic heterocycles. The minimum absolute atomic E-state index is 0.284. The smallest absolute Gasteiger partial charge is 0.134 e. The van der Waals surface area contributed by atoms with Gasteiger partial charge in [0.15, 0.2) is 0 Å². The average molecular weight is 236 g/mol. The predicted molar refractivity (Wildman–Crippen MR) is 65.8 cm³/mol. The quantitative estimate of drug-likeness (QED) is 0.517. The minimum Gasteiger partial charge on any atom is -0.509 e. The minimum atomic E-state index is -1.26. The molecule has 92 valence electrons. The van der Waals surface area contributed by atoms with E-state index in [0.29, 0.717) is 17.9 Å². The van der Waals surface area contributed by atoms with Gasteiger partial charge in [0.25, 0.3) is 0 Å². The monoisotopic (exact) mass is 236 g/mol. The summed E-state index contributed by atoms with van der Waals surface area (Å²) in [5.74, 6) is 0.360. The molecule has 1 rings (SSSR count). The van der Waals surface area contributed by atoms with Crippen molar-refractivity contribution in [3.63, 3.8) is 0 Å². The van der Waals surface area contributed by atoms with Gasteiger partial charge >= 0.3 is 0 Å². The van der Waals surface area contributed by atoms with Crippen LogP contribution in [0.1, 0.15) is 5.56 Å². The second-order valence-electron chi connectivity index (χ2n) is 3.44. The van der Waals surface area contributed by atoms with Gasteiger partial charge in [0.05, 0.1) is 6.61 Å². The summed E-state index contributed by atoms with van der Waals surface area (Å²) in [5.41, 5.74) is 0.677. The Morgan fingerprint density at radius 2 is 2.24 bits per heavy atom. The summed E-state index contributed by atoms with van der Waals surface area (Å²) in [4.78, 5) is 0. The molecule has 0 radical (unpaired) electrons. The van der Waals surface area contributed by atoms with Gasteiger partial charge in [-0.25, -0.2) is 0 Å². The molecule has 1 aromatic rings. The molecule has 4 nitrogen and oxygen atoms in total. The lowest BCUT2D eigenvalue weighted by atomic mass is 10.1. The molecule has 0 spiro atoms. The molecular weight excluding hydrogens is 220 g/mol. The van der Waals surface area contributed by atoms with E-state index < -0.39 is 12.7 Å². The Labute approximate surface area is 100 Å². The number of rotatable bonds is 6. The van der Waals surface area contributed by atoms with Gasteiger partial charge in [-0.15, -0.1) is 0 Å². The van der Waals surface area contributed by atoms with Crippen molar-refractivity contribution in [2.45, 2.75) is 6.10 Å². The summed E-state index contributed by atoms with van der Waals surface area (Å²) in [6, 6.07) is 7.01. The van der Waals surface area contributed by atoms with Crippen molar-refractivity contribution < 1.29 is 20.1 Å². The van der Waals surface area contributed by atoms with Crippen LogP contribution in [0.4, 0.5) is 0 Å². The highest BCUT2D eigenvalue weighted by Gasteiger charge is 2.07. The first kappa shape index (κ1) is 13.3. The first-order chi connectivity index (χ1) is 8.17. The Morgan fingerprint density at radius 3 is 2.88 bits per heavy atom. The maximum atomic E-state index is 9.43. The van der Waals surface area contributed by atoms with Crippen LogP contribution in [0, 0.1) is 0 Å². The molecule has 1 atom stereocenters. The standard InChI is InChI=1S/C13H16O4/c1-2-6-17-11-5-3-4-10(7-11)8-12(15)13(16)9-14/h2-5,7-8,13-16H,1,6,9H2. The maximum absolute atomic E-state index is 9.43. The second-order valence-corrected chi connectivity index (χ2v) is 3.44. The molecule has 3 N–H and O–H groups in total. The number of hydrogen-bond acceptors (Lipinski definition) is 4. The normalized spacial score (nSPS) is 13.2. The summed E-state index contributed by atoms with van der Waals surface area (Å²) in [7, 11) is 0. The fourth-order valence-electron chi connectivity index (χ4n) is 1.21. The van der Waals surface area contributed by atoms with Gasteiger partial charge in [-0.05, 0) is 23.8 Å². The summed E-state index contributed by atoms with van der Waals surface area (Å²) in [6.07, 6.45) is 1.75. The molecule has 0 saturated carbocycles. The second kappa shape index (κ2) is 6.73. The molecule has 4 heteroatoms. The lowest BCUT2D eigenvalue weighted by molar-refractivity contribution is 0.0888. The number of benzene rings is 1. The number of hydrogen-bond donors (Lipinski definition) is 3. The van der Waals surface area contributed by atoms with Crippen LogP contribution in [0.25, 0.3) is 6.08 Å². The molecular formula is C13H16O4.